The molecule has 1 N–H and O–H groups in total. The molecule has 0 radical (unpaired) electrons. The fraction of sp³-hybridized carbons (Fsp3) is 0.722. The lowest BCUT2D eigenvalue weighted by Crippen LogP contribution is -2.57. The lowest BCUT2D eigenvalue weighted by Gasteiger charge is -2.39. The van der Waals surface area contributed by atoms with Gasteiger partial charge in [-0.1, -0.05) is 6.07 Å². The molecule has 1 aromatic heterocycles. The molecule has 3 rings (SSSR count). The van der Waals surface area contributed by atoms with Crippen LogP contribution < -0.4 is 5.32 Å². The Balaban J connectivity index is 1.68. The molecule has 8 heteroatoms. The van der Waals surface area contributed by atoms with Crippen molar-refractivity contribution in [2.45, 2.75) is 37.5 Å². The summed E-state index contributed by atoms with van der Waals surface area (Å²) in [5.74, 6) is 0.981. The number of aliphatic imine (C=N–C) groups is 1. The van der Waals surface area contributed by atoms with E-state index in [0.29, 0.717) is 19.1 Å². The first-order chi connectivity index (χ1) is 12.3. The first-order valence-corrected chi connectivity index (χ1v) is 11.8. The van der Waals surface area contributed by atoms with Gasteiger partial charge in [0, 0.05) is 31.6 Å². The fourth-order valence-electron chi connectivity index (χ4n) is 3.79. The molecule has 1 aromatic rings. The van der Waals surface area contributed by atoms with Crippen molar-refractivity contribution in [1.29, 1.82) is 0 Å². The molecule has 2 aliphatic rings. The molecular formula is C18H30N4O2S2. The van der Waals surface area contributed by atoms with E-state index < -0.39 is 14.6 Å². The van der Waals surface area contributed by atoms with Gasteiger partial charge in [0.1, 0.15) is 0 Å². The molecule has 0 bridgehead atoms. The third-order valence-electron chi connectivity index (χ3n) is 5.46. The van der Waals surface area contributed by atoms with Gasteiger partial charge < -0.3 is 10.2 Å². The van der Waals surface area contributed by atoms with E-state index in [-0.39, 0.29) is 5.75 Å². The number of hydrogen-bond donors (Lipinski definition) is 1. The number of sulfone groups is 1. The van der Waals surface area contributed by atoms with Gasteiger partial charge in [0.25, 0.3) is 0 Å². The van der Waals surface area contributed by atoms with Crippen LogP contribution in [0, 0.1) is 0 Å². The number of nitrogens with one attached hydrogen (secondary N) is 1. The van der Waals surface area contributed by atoms with E-state index in [4.69, 9.17) is 0 Å². The number of nitrogens with zero attached hydrogens (tertiary/aromatic N) is 3. The number of guanidine groups is 1. The van der Waals surface area contributed by atoms with Gasteiger partial charge in [-0.3, -0.25) is 9.89 Å². The minimum absolute atomic E-state index is 0.182. The van der Waals surface area contributed by atoms with E-state index in [9.17, 15) is 8.42 Å². The Labute approximate surface area is 161 Å². The van der Waals surface area contributed by atoms with Crippen molar-refractivity contribution < 1.29 is 8.42 Å². The van der Waals surface area contributed by atoms with Gasteiger partial charge in [0.05, 0.1) is 16.5 Å². The van der Waals surface area contributed by atoms with E-state index in [0.717, 1.165) is 25.6 Å². The highest BCUT2D eigenvalue weighted by Gasteiger charge is 2.41. The molecule has 2 aliphatic heterocycles. The molecule has 6 nitrogen and oxygen atoms in total. The third-order valence-corrected chi connectivity index (χ3v) is 8.97. The fourth-order valence-corrected chi connectivity index (χ4v) is 6.02. The Hall–Kier alpha value is -1.12. The maximum absolute atomic E-state index is 12.3. The minimum Gasteiger partial charge on any atom is -0.354 e. The van der Waals surface area contributed by atoms with Crippen LogP contribution in [-0.2, 0) is 9.84 Å². The molecule has 0 saturated carbocycles. The van der Waals surface area contributed by atoms with Crippen LogP contribution in [-0.4, -0.2) is 74.4 Å². The predicted molar refractivity (Wildman–Crippen MR) is 109 cm³/mol. The summed E-state index contributed by atoms with van der Waals surface area (Å²) in [6.07, 6.45) is 2.52. The number of rotatable bonds is 4. The Morgan fingerprint density at radius 3 is 2.65 bits per heavy atom. The summed E-state index contributed by atoms with van der Waals surface area (Å²) < 4.78 is 23.8. The topological polar surface area (TPSA) is 65.0 Å². The van der Waals surface area contributed by atoms with E-state index in [1.54, 1.807) is 32.2 Å². The van der Waals surface area contributed by atoms with Gasteiger partial charge in [0.2, 0.25) is 0 Å². The zero-order valence-corrected chi connectivity index (χ0v) is 17.6. The molecular weight excluding hydrogens is 368 g/mol. The van der Waals surface area contributed by atoms with Crippen molar-refractivity contribution >= 4 is 27.1 Å². The highest BCUT2D eigenvalue weighted by molar-refractivity contribution is 7.92. The first kappa shape index (κ1) is 19.6. The second kappa shape index (κ2) is 7.86. The summed E-state index contributed by atoms with van der Waals surface area (Å²) >= 11 is 1.80. The van der Waals surface area contributed by atoms with Crippen molar-refractivity contribution in [3.63, 3.8) is 0 Å². The maximum Gasteiger partial charge on any atom is 0.193 e. The number of likely N-dealkylation sites (tertiary alicyclic amines) is 1. The highest BCUT2D eigenvalue weighted by atomic mass is 32.2. The molecule has 1 unspecified atom stereocenters. The Morgan fingerprint density at radius 1 is 1.35 bits per heavy atom. The first-order valence-electron chi connectivity index (χ1n) is 9.29. The molecule has 1 atom stereocenters. The van der Waals surface area contributed by atoms with E-state index in [1.165, 1.54) is 17.7 Å². The highest BCUT2D eigenvalue weighted by Crippen LogP contribution is 2.28. The molecule has 0 spiro atoms. The van der Waals surface area contributed by atoms with E-state index in [2.05, 4.69) is 37.6 Å². The van der Waals surface area contributed by atoms with Crippen molar-refractivity contribution in [1.82, 2.24) is 15.1 Å². The van der Waals surface area contributed by atoms with Gasteiger partial charge in [-0.25, -0.2) is 8.42 Å². The summed E-state index contributed by atoms with van der Waals surface area (Å²) in [5, 5.41) is 5.65. The molecule has 0 aromatic carbocycles. The average molecular weight is 399 g/mol. The normalized spacial score (nSPS) is 24.6. The molecule has 26 heavy (non-hydrogen) atoms. The number of hydrogen-bond acceptors (Lipinski definition) is 5. The molecule has 3 heterocycles. The van der Waals surface area contributed by atoms with Crippen LogP contribution in [0.2, 0.25) is 0 Å². The van der Waals surface area contributed by atoms with Crippen molar-refractivity contribution in [2.24, 2.45) is 4.99 Å². The molecule has 2 fully saturated rings. The van der Waals surface area contributed by atoms with Gasteiger partial charge >= 0.3 is 0 Å². The van der Waals surface area contributed by atoms with Gasteiger partial charge in [-0.2, -0.15) is 0 Å². The van der Waals surface area contributed by atoms with Crippen LogP contribution in [0.4, 0.5) is 0 Å². The summed E-state index contributed by atoms with van der Waals surface area (Å²) in [4.78, 5) is 10.4. The lowest BCUT2D eigenvalue weighted by molar-refractivity contribution is 0.246. The second-order valence-corrected chi connectivity index (χ2v) is 11.4. The molecule has 2 saturated heterocycles. The van der Waals surface area contributed by atoms with E-state index in [1.807, 2.05) is 0 Å². The molecule has 146 valence electrons. The van der Waals surface area contributed by atoms with Crippen molar-refractivity contribution in [3.05, 3.63) is 22.4 Å². The summed E-state index contributed by atoms with van der Waals surface area (Å²) in [5.41, 5.74) is 0. The van der Waals surface area contributed by atoms with Crippen LogP contribution in [0.3, 0.4) is 0 Å². The second-order valence-electron chi connectivity index (χ2n) is 7.70. The van der Waals surface area contributed by atoms with Crippen LogP contribution >= 0.6 is 11.3 Å². The van der Waals surface area contributed by atoms with Gasteiger partial charge in [0.15, 0.2) is 15.8 Å². The lowest BCUT2D eigenvalue weighted by atomic mass is 10.2. The monoisotopic (exact) mass is 398 g/mol. The van der Waals surface area contributed by atoms with E-state index >= 15 is 0 Å². The van der Waals surface area contributed by atoms with Crippen LogP contribution in [0.25, 0.3) is 0 Å². The summed E-state index contributed by atoms with van der Waals surface area (Å²) in [6, 6.07) is 4.65. The van der Waals surface area contributed by atoms with Crippen molar-refractivity contribution in [2.75, 3.05) is 45.5 Å². The smallest absolute Gasteiger partial charge is 0.193 e. The summed E-state index contributed by atoms with van der Waals surface area (Å²) in [7, 11) is -1.27. The Kier molecular flexibility index (Phi) is 5.94. The largest absolute Gasteiger partial charge is 0.354 e. The standard InChI is InChI=1S/C18H30N4O2S2/c1-18(2)14-22(10-12-26(18,23)24)17(19-3)20-13-15(16-7-6-11-25-16)21-8-4-5-9-21/h6-7,11,15H,4-5,8-10,12-14H2,1-3H3,(H,19,20). The Bertz CT molecular complexity index is 722. The molecule has 0 amide bonds. The Morgan fingerprint density at radius 2 is 2.08 bits per heavy atom. The quantitative estimate of drug-likeness (QED) is 0.621. The predicted octanol–water partition coefficient (Wildman–Crippen LogP) is 1.97. The minimum atomic E-state index is -3.05. The summed E-state index contributed by atoms with van der Waals surface area (Å²) in [6.45, 7) is 7.65. The van der Waals surface area contributed by atoms with Gasteiger partial charge in [-0.15, -0.1) is 11.3 Å². The third kappa shape index (κ3) is 4.07. The zero-order valence-electron chi connectivity index (χ0n) is 15.9. The van der Waals surface area contributed by atoms with Crippen LogP contribution in [0.5, 0.6) is 0 Å². The molecule has 0 aliphatic carbocycles. The van der Waals surface area contributed by atoms with Crippen molar-refractivity contribution in [3.8, 4) is 0 Å². The van der Waals surface area contributed by atoms with Crippen LogP contribution in [0.1, 0.15) is 37.6 Å². The number of thiophene rings is 1. The zero-order chi connectivity index (χ0) is 18.8. The van der Waals surface area contributed by atoms with Gasteiger partial charge in [-0.05, 0) is 51.2 Å². The average Bonchev–Trinajstić information content (AvgIpc) is 3.28. The SMILES string of the molecule is CN=C(NCC(c1cccs1)N1CCCC1)N1CCS(=O)(=O)C(C)(C)C1. The van der Waals surface area contributed by atoms with Crippen LogP contribution in [0.15, 0.2) is 22.5 Å². The maximum atomic E-state index is 12.3.